The van der Waals surface area contributed by atoms with E-state index in [9.17, 15) is 18.0 Å². The van der Waals surface area contributed by atoms with E-state index < -0.39 is 10.0 Å². The third-order valence-electron chi connectivity index (χ3n) is 6.22. The molecule has 0 radical (unpaired) electrons. The first-order chi connectivity index (χ1) is 15.4. The van der Waals surface area contributed by atoms with Crippen molar-refractivity contribution < 1.29 is 13.2 Å². The zero-order chi connectivity index (χ0) is 22.3. The molecule has 5 rings (SSSR count). The Morgan fingerprint density at radius 1 is 0.875 bits per heavy atom. The number of carbonyl (C=O) groups is 1. The minimum atomic E-state index is -3.64. The molecule has 8 heteroatoms. The van der Waals surface area contributed by atoms with Gasteiger partial charge in [0.1, 0.15) is 0 Å². The number of nitrogens with zero attached hydrogens (tertiary/aromatic N) is 2. The van der Waals surface area contributed by atoms with Crippen molar-refractivity contribution in [3.05, 3.63) is 94.4 Å². The molecule has 0 aliphatic carbocycles. The van der Waals surface area contributed by atoms with Gasteiger partial charge in [0.25, 0.3) is 11.5 Å². The number of aromatic nitrogens is 1. The number of amides is 1. The van der Waals surface area contributed by atoms with Gasteiger partial charge in [0, 0.05) is 42.9 Å². The Labute approximate surface area is 186 Å². The molecule has 2 aliphatic rings. The molecule has 1 N–H and O–H groups in total. The van der Waals surface area contributed by atoms with E-state index in [-0.39, 0.29) is 34.7 Å². The Hall–Kier alpha value is -3.23. The number of piperidine rings is 1. The maximum atomic E-state index is 13.2. The number of carbonyl (C=O) groups excluding carboxylic acids is 1. The summed E-state index contributed by atoms with van der Waals surface area (Å²) in [6, 6.07) is 20.4. The van der Waals surface area contributed by atoms with Crippen LogP contribution < -0.4 is 10.9 Å². The highest BCUT2D eigenvalue weighted by Gasteiger charge is 2.40. The summed E-state index contributed by atoms with van der Waals surface area (Å²) in [6.45, 7) is 1.08. The number of nitrogens with one attached hydrogen (secondary N) is 1. The third-order valence-corrected chi connectivity index (χ3v) is 8.07. The maximum absolute atomic E-state index is 13.2. The van der Waals surface area contributed by atoms with Crippen LogP contribution in [0.25, 0.3) is 0 Å². The summed E-state index contributed by atoms with van der Waals surface area (Å²) in [5.74, 6) is -0.405. The maximum Gasteiger partial charge on any atom is 0.255 e. The molecule has 164 valence electrons. The van der Waals surface area contributed by atoms with Crippen molar-refractivity contribution >= 4 is 21.6 Å². The van der Waals surface area contributed by atoms with Gasteiger partial charge >= 0.3 is 0 Å². The summed E-state index contributed by atoms with van der Waals surface area (Å²) in [4.78, 5) is 25.6. The molecule has 0 saturated carbocycles. The minimum absolute atomic E-state index is 0.0394. The molecule has 1 fully saturated rings. The van der Waals surface area contributed by atoms with Crippen molar-refractivity contribution in [2.75, 3.05) is 18.4 Å². The number of hydrogen-bond donors (Lipinski definition) is 1. The Balaban J connectivity index is 1.49. The number of benzene rings is 2. The van der Waals surface area contributed by atoms with E-state index in [2.05, 4.69) is 5.32 Å². The predicted molar refractivity (Wildman–Crippen MR) is 121 cm³/mol. The Bertz CT molecular complexity index is 1320. The molecule has 7 nitrogen and oxygen atoms in total. The van der Waals surface area contributed by atoms with Crippen LogP contribution in [-0.2, 0) is 16.6 Å². The van der Waals surface area contributed by atoms with E-state index in [1.54, 1.807) is 65.2 Å². The van der Waals surface area contributed by atoms with Crippen molar-refractivity contribution in [2.45, 2.75) is 23.8 Å². The molecule has 1 amide bonds. The lowest BCUT2D eigenvalue weighted by atomic mass is 9.83. The number of hydrogen-bond acceptors (Lipinski definition) is 4. The molecule has 2 unspecified atom stereocenters. The average Bonchev–Trinajstić information content (AvgIpc) is 2.82. The predicted octanol–water partition coefficient (Wildman–Crippen LogP) is 2.91. The van der Waals surface area contributed by atoms with Gasteiger partial charge in [-0.05, 0) is 42.7 Å². The molecule has 1 saturated heterocycles. The van der Waals surface area contributed by atoms with E-state index >= 15 is 0 Å². The lowest BCUT2D eigenvalue weighted by Crippen LogP contribution is -2.49. The van der Waals surface area contributed by atoms with Gasteiger partial charge in [-0.15, -0.1) is 0 Å². The van der Waals surface area contributed by atoms with Crippen molar-refractivity contribution in [3.63, 3.8) is 0 Å². The average molecular weight is 450 g/mol. The lowest BCUT2D eigenvalue weighted by molar-refractivity contribution is 0.102. The molecule has 2 bridgehead atoms. The molecule has 32 heavy (non-hydrogen) atoms. The van der Waals surface area contributed by atoms with Crippen molar-refractivity contribution in [3.8, 4) is 0 Å². The first-order valence-corrected chi connectivity index (χ1v) is 12.0. The highest BCUT2D eigenvalue weighted by molar-refractivity contribution is 7.89. The lowest BCUT2D eigenvalue weighted by Gasteiger charge is -2.42. The molecular formula is C24H23N3O4S. The van der Waals surface area contributed by atoms with Crippen LogP contribution in [0.2, 0.25) is 0 Å². The van der Waals surface area contributed by atoms with E-state index in [0.717, 1.165) is 6.42 Å². The zero-order valence-electron chi connectivity index (χ0n) is 17.3. The van der Waals surface area contributed by atoms with Crippen molar-refractivity contribution in [1.29, 1.82) is 0 Å². The number of rotatable bonds is 4. The number of anilines is 1. The highest BCUT2D eigenvalue weighted by Crippen LogP contribution is 2.40. The van der Waals surface area contributed by atoms with E-state index in [0.29, 0.717) is 30.0 Å². The molecule has 3 aromatic rings. The van der Waals surface area contributed by atoms with Crippen LogP contribution in [0.5, 0.6) is 0 Å². The van der Waals surface area contributed by atoms with E-state index in [4.69, 9.17) is 0 Å². The number of fused-ring (bicyclic) bond motifs is 4. The van der Waals surface area contributed by atoms with Gasteiger partial charge in [0.2, 0.25) is 10.0 Å². The van der Waals surface area contributed by atoms with E-state index in [1.165, 1.54) is 10.4 Å². The number of pyridine rings is 1. The minimum Gasteiger partial charge on any atom is -0.320 e. The first-order valence-electron chi connectivity index (χ1n) is 10.6. The largest absolute Gasteiger partial charge is 0.320 e. The van der Waals surface area contributed by atoms with Crippen LogP contribution in [0.15, 0.2) is 82.5 Å². The Morgan fingerprint density at radius 3 is 2.28 bits per heavy atom. The second-order valence-corrected chi connectivity index (χ2v) is 10.3. The first kappa shape index (κ1) is 20.7. The molecule has 1 aromatic heterocycles. The molecule has 2 aliphatic heterocycles. The van der Waals surface area contributed by atoms with Gasteiger partial charge < -0.3 is 9.88 Å². The molecule has 0 spiro atoms. The molecule has 2 atom stereocenters. The Kier molecular flexibility index (Phi) is 5.19. The Morgan fingerprint density at radius 2 is 1.56 bits per heavy atom. The van der Waals surface area contributed by atoms with Crippen LogP contribution in [0.4, 0.5) is 5.69 Å². The quantitative estimate of drug-likeness (QED) is 0.663. The standard InChI is InChI=1S/C24H23N3O4S/c28-22-12-11-21(25-24(29)18-7-3-1-4-8-18)23-19-13-17(15-27(22)23)14-26(16-19)32(30,31)20-9-5-2-6-10-20/h1-12,17,19H,13-16H2,(H,25,29). The van der Waals surface area contributed by atoms with Crippen LogP contribution in [0.3, 0.4) is 0 Å². The van der Waals surface area contributed by atoms with Gasteiger partial charge in [-0.3, -0.25) is 9.59 Å². The van der Waals surface area contributed by atoms with Crippen LogP contribution >= 0.6 is 0 Å². The summed E-state index contributed by atoms with van der Waals surface area (Å²) in [7, 11) is -3.64. The summed E-state index contributed by atoms with van der Waals surface area (Å²) >= 11 is 0. The molecular weight excluding hydrogens is 426 g/mol. The molecule has 2 aromatic carbocycles. The second kappa shape index (κ2) is 8.03. The van der Waals surface area contributed by atoms with Crippen LogP contribution in [0.1, 0.15) is 28.4 Å². The zero-order valence-corrected chi connectivity index (χ0v) is 18.2. The summed E-state index contributed by atoms with van der Waals surface area (Å²) in [6.07, 6.45) is 0.776. The van der Waals surface area contributed by atoms with Gasteiger partial charge in [0.15, 0.2) is 0 Å². The fourth-order valence-corrected chi connectivity index (χ4v) is 6.38. The highest BCUT2D eigenvalue weighted by atomic mass is 32.2. The van der Waals surface area contributed by atoms with Crippen molar-refractivity contribution in [2.24, 2.45) is 5.92 Å². The molecule has 3 heterocycles. The summed E-state index contributed by atoms with van der Waals surface area (Å²) in [5, 5.41) is 2.94. The monoisotopic (exact) mass is 449 g/mol. The van der Waals surface area contributed by atoms with Crippen LogP contribution in [-0.4, -0.2) is 36.3 Å². The third kappa shape index (κ3) is 3.65. The van der Waals surface area contributed by atoms with Crippen LogP contribution in [0, 0.1) is 5.92 Å². The van der Waals surface area contributed by atoms with Crippen molar-refractivity contribution in [1.82, 2.24) is 8.87 Å². The smallest absolute Gasteiger partial charge is 0.255 e. The van der Waals surface area contributed by atoms with Gasteiger partial charge in [-0.25, -0.2) is 8.42 Å². The van der Waals surface area contributed by atoms with Gasteiger partial charge in [-0.1, -0.05) is 36.4 Å². The summed E-state index contributed by atoms with van der Waals surface area (Å²) in [5.41, 5.74) is 1.64. The summed E-state index contributed by atoms with van der Waals surface area (Å²) < 4.78 is 29.7. The topological polar surface area (TPSA) is 88.5 Å². The van der Waals surface area contributed by atoms with Gasteiger partial charge in [0.05, 0.1) is 10.6 Å². The second-order valence-electron chi connectivity index (χ2n) is 8.33. The van der Waals surface area contributed by atoms with Gasteiger partial charge in [-0.2, -0.15) is 4.31 Å². The fourth-order valence-electron chi connectivity index (χ4n) is 4.80. The SMILES string of the molecule is O=C(Nc1ccc(=O)n2c1C1CC(CN(S(=O)(=O)c3ccccc3)C1)C2)c1ccccc1. The normalized spacial score (nSPS) is 20.4. The van der Waals surface area contributed by atoms with E-state index in [1.807, 2.05) is 6.07 Å². The number of sulfonamides is 1. The fraction of sp³-hybridized carbons (Fsp3) is 0.250.